The third-order valence-corrected chi connectivity index (χ3v) is 1.62. The first-order valence-corrected chi connectivity index (χ1v) is 3.62. The zero-order chi connectivity index (χ0) is 8.67. The summed E-state index contributed by atoms with van der Waals surface area (Å²) >= 11 is 0. The second kappa shape index (κ2) is 2.19. The van der Waals surface area contributed by atoms with Gasteiger partial charge in [0, 0.05) is 0 Å². The molecule has 13 heavy (non-hydrogen) atoms. The molecular formula is C7H4N4O2. The number of aromatic amines is 1. The van der Waals surface area contributed by atoms with Crippen LogP contribution >= 0.6 is 0 Å². The molecule has 0 spiro atoms. The molecule has 64 valence electrons. The number of fused-ring (bicyclic) bond motifs is 2. The van der Waals surface area contributed by atoms with E-state index in [1.807, 2.05) is 0 Å². The molecule has 3 rings (SSSR count). The van der Waals surface area contributed by atoms with E-state index in [4.69, 9.17) is 9.47 Å². The van der Waals surface area contributed by atoms with Gasteiger partial charge in [0.05, 0.1) is 12.5 Å². The van der Waals surface area contributed by atoms with Crippen molar-refractivity contribution in [3.8, 4) is 23.4 Å². The zero-order valence-electron chi connectivity index (χ0n) is 6.39. The summed E-state index contributed by atoms with van der Waals surface area (Å²) < 4.78 is 10.6. The minimum absolute atomic E-state index is 0.384. The minimum Gasteiger partial charge on any atom is -0.429 e. The number of ether oxygens (including phenoxy) is 2. The number of nitrogens with zero attached hydrogens (tertiary/aromatic N) is 3. The zero-order valence-corrected chi connectivity index (χ0v) is 6.39. The fourth-order valence-corrected chi connectivity index (χ4v) is 1.07. The summed E-state index contributed by atoms with van der Waals surface area (Å²) in [7, 11) is 0. The van der Waals surface area contributed by atoms with Crippen molar-refractivity contribution in [1.29, 1.82) is 0 Å². The lowest BCUT2D eigenvalue weighted by molar-refractivity contribution is 0.332. The van der Waals surface area contributed by atoms with Gasteiger partial charge in [-0.15, -0.1) is 0 Å². The van der Waals surface area contributed by atoms with E-state index in [0.29, 0.717) is 23.4 Å². The average molecular weight is 176 g/mol. The summed E-state index contributed by atoms with van der Waals surface area (Å²) in [6.07, 6.45) is 4.41. The second-order valence-electron chi connectivity index (χ2n) is 2.43. The molecule has 2 aromatic rings. The summed E-state index contributed by atoms with van der Waals surface area (Å²) in [5, 5.41) is 0. The fraction of sp³-hybridized carbons (Fsp3) is 0. The summed E-state index contributed by atoms with van der Waals surface area (Å²) in [5.41, 5.74) is 0. The molecular weight excluding hydrogens is 172 g/mol. The van der Waals surface area contributed by atoms with Crippen LogP contribution < -0.4 is 9.47 Å². The molecule has 0 atom stereocenters. The highest BCUT2D eigenvalue weighted by atomic mass is 16.6. The van der Waals surface area contributed by atoms with Gasteiger partial charge in [0.15, 0.2) is 0 Å². The summed E-state index contributed by atoms with van der Waals surface area (Å²) in [4.78, 5) is 14.4. The van der Waals surface area contributed by atoms with Gasteiger partial charge < -0.3 is 14.5 Å². The maximum Gasteiger partial charge on any atom is 0.284 e. The standard InChI is InChI=1S/C7H4N4O2/c1-4-5(9-2-8-1)13-7-6(12-4)10-3-11-7/h1-3H,(H,10,11). The molecule has 6 nitrogen and oxygen atoms in total. The number of nitrogens with one attached hydrogen (secondary N) is 1. The van der Waals surface area contributed by atoms with Crippen LogP contribution in [0, 0.1) is 0 Å². The maximum atomic E-state index is 5.35. The van der Waals surface area contributed by atoms with Crippen molar-refractivity contribution in [2.75, 3.05) is 0 Å². The van der Waals surface area contributed by atoms with Gasteiger partial charge in [-0.05, 0) is 0 Å². The molecule has 1 aliphatic heterocycles. The van der Waals surface area contributed by atoms with E-state index in [1.54, 1.807) is 0 Å². The molecule has 0 fully saturated rings. The van der Waals surface area contributed by atoms with E-state index >= 15 is 0 Å². The smallest absolute Gasteiger partial charge is 0.284 e. The molecule has 0 amide bonds. The lowest BCUT2D eigenvalue weighted by atomic mass is 10.5. The predicted molar refractivity (Wildman–Crippen MR) is 40.8 cm³/mol. The van der Waals surface area contributed by atoms with Gasteiger partial charge >= 0.3 is 0 Å². The van der Waals surface area contributed by atoms with Crippen LogP contribution in [0.25, 0.3) is 0 Å². The van der Waals surface area contributed by atoms with Gasteiger partial charge in [-0.25, -0.2) is 4.98 Å². The van der Waals surface area contributed by atoms with Crippen molar-refractivity contribution in [3.63, 3.8) is 0 Å². The van der Waals surface area contributed by atoms with Crippen molar-refractivity contribution >= 4 is 0 Å². The Kier molecular flexibility index (Phi) is 1.08. The third-order valence-electron chi connectivity index (χ3n) is 1.62. The molecule has 0 saturated heterocycles. The van der Waals surface area contributed by atoms with Gasteiger partial charge in [0.1, 0.15) is 6.33 Å². The van der Waals surface area contributed by atoms with Crippen LogP contribution in [0.3, 0.4) is 0 Å². The SMILES string of the molecule is c1ncc2c(n1)Oc1nc[nH]c1O2. The van der Waals surface area contributed by atoms with Gasteiger partial charge in [0.2, 0.25) is 5.75 Å². The minimum atomic E-state index is 0.384. The largest absolute Gasteiger partial charge is 0.429 e. The Balaban J connectivity index is 2.14. The fourth-order valence-electron chi connectivity index (χ4n) is 1.07. The Morgan fingerprint density at radius 3 is 3.15 bits per heavy atom. The monoisotopic (exact) mass is 176 g/mol. The van der Waals surface area contributed by atoms with Crippen molar-refractivity contribution in [2.24, 2.45) is 0 Å². The van der Waals surface area contributed by atoms with Crippen LogP contribution in [-0.4, -0.2) is 19.9 Å². The topological polar surface area (TPSA) is 72.9 Å². The lowest BCUT2D eigenvalue weighted by Gasteiger charge is -2.13. The Hall–Kier alpha value is -2.11. The van der Waals surface area contributed by atoms with E-state index in [2.05, 4.69) is 19.9 Å². The van der Waals surface area contributed by atoms with Crippen molar-refractivity contribution < 1.29 is 9.47 Å². The van der Waals surface area contributed by atoms with Gasteiger partial charge in [-0.1, -0.05) is 0 Å². The molecule has 1 N–H and O–H groups in total. The Morgan fingerprint density at radius 1 is 1.15 bits per heavy atom. The van der Waals surface area contributed by atoms with Crippen molar-refractivity contribution in [1.82, 2.24) is 19.9 Å². The molecule has 3 heterocycles. The molecule has 0 unspecified atom stereocenters. The van der Waals surface area contributed by atoms with Crippen LogP contribution in [0.15, 0.2) is 18.9 Å². The average Bonchev–Trinajstić information content (AvgIpc) is 2.61. The van der Waals surface area contributed by atoms with Crippen LogP contribution in [0.2, 0.25) is 0 Å². The number of imidazole rings is 1. The Labute approximate surface area is 72.6 Å². The Bertz CT molecular complexity index is 414. The molecule has 0 saturated carbocycles. The van der Waals surface area contributed by atoms with Gasteiger partial charge in [-0.3, -0.25) is 0 Å². The highest BCUT2D eigenvalue weighted by molar-refractivity contribution is 5.43. The van der Waals surface area contributed by atoms with Crippen LogP contribution in [0.4, 0.5) is 0 Å². The first kappa shape index (κ1) is 6.41. The van der Waals surface area contributed by atoms with E-state index < -0.39 is 0 Å². The quantitative estimate of drug-likeness (QED) is 0.555. The van der Waals surface area contributed by atoms with E-state index in [1.165, 1.54) is 18.9 Å². The number of rotatable bonds is 0. The molecule has 2 aromatic heterocycles. The molecule has 0 radical (unpaired) electrons. The molecule has 0 bridgehead atoms. The highest BCUT2D eigenvalue weighted by Gasteiger charge is 2.21. The van der Waals surface area contributed by atoms with Crippen LogP contribution in [0.1, 0.15) is 0 Å². The third kappa shape index (κ3) is 0.851. The number of hydrogen-bond donors (Lipinski definition) is 1. The van der Waals surface area contributed by atoms with Gasteiger partial charge in [-0.2, -0.15) is 9.97 Å². The number of hydrogen-bond acceptors (Lipinski definition) is 5. The second-order valence-corrected chi connectivity index (χ2v) is 2.43. The van der Waals surface area contributed by atoms with E-state index in [-0.39, 0.29) is 0 Å². The first-order valence-electron chi connectivity index (χ1n) is 3.62. The highest BCUT2D eigenvalue weighted by Crippen LogP contribution is 2.40. The normalized spacial score (nSPS) is 12.3. The lowest BCUT2D eigenvalue weighted by Crippen LogP contribution is -2.00. The van der Waals surface area contributed by atoms with Crippen molar-refractivity contribution in [3.05, 3.63) is 18.9 Å². The van der Waals surface area contributed by atoms with Crippen LogP contribution in [-0.2, 0) is 0 Å². The summed E-state index contributed by atoms with van der Waals surface area (Å²) in [5.74, 6) is 1.74. The molecule has 0 aliphatic carbocycles. The first-order chi connectivity index (χ1) is 6.43. The van der Waals surface area contributed by atoms with E-state index in [0.717, 1.165) is 0 Å². The number of H-pyrrole nitrogens is 1. The summed E-state index contributed by atoms with van der Waals surface area (Å²) in [6.45, 7) is 0. The number of aromatic nitrogens is 4. The predicted octanol–water partition coefficient (Wildman–Crippen LogP) is 1.10. The molecule has 6 heteroatoms. The van der Waals surface area contributed by atoms with Crippen molar-refractivity contribution in [2.45, 2.75) is 0 Å². The molecule has 0 aromatic carbocycles. The van der Waals surface area contributed by atoms with Crippen LogP contribution in [0.5, 0.6) is 23.4 Å². The molecule has 1 aliphatic rings. The Morgan fingerprint density at radius 2 is 2.15 bits per heavy atom. The summed E-state index contributed by atoms with van der Waals surface area (Å²) in [6, 6.07) is 0. The van der Waals surface area contributed by atoms with Gasteiger partial charge in [0.25, 0.3) is 17.6 Å². The van der Waals surface area contributed by atoms with E-state index in [9.17, 15) is 0 Å². The maximum absolute atomic E-state index is 5.35.